The van der Waals surface area contributed by atoms with E-state index in [-0.39, 0.29) is 17.0 Å². The molecule has 0 saturated heterocycles. The molecule has 0 amide bonds. The first kappa shape index (κ1) is 23.2. The van der Waals surface area contributed by atoms with Crippen LogP contribution in [0.5, 0.6) is 11.5 Å². The molecule has 0 aliphatic carbocycles. The van der Waals surface area contributed by atoms with E-state index in [1.807, 2.05) is 0 Å². The third-order valence-corrected chi connectivity index (χ3v) is 5.44. The number of anilines is 2. The summed E-state index contributed by atoms with van der Waals surface area (Å²) in [7, 11) is 0. The van der Waals surface area contributed by atoms with Crippen molar-refractivity contribution in [3.63, 3.8) is 0 Å². The molecule has 0 bridgehead atoms. The second kappa shape index (κ2) is 10.7. The fraction of sp³-hybridized carbons (Fsp3) is 0.222. The number of ether oxygens (including phenoxy) is 2. The highest BCUT2D eigenvalue weighted by Crippen LogP contribution is 2.31. The predicted molar refractivity (Wildman–Crippen MR) is 133 cm³/mol. The van der Waals surface area contributed by atoms with Crippen molar-refractivity contribution in [3.8, 4) is 22.8 Å². The van der Waals surface area contributed by atoms with E-state index < -0.39 is 0 Å². The Morgan fingerprint density at radius 2 is 1.53 bits per heavy atom. The van der Waals surface area contributed by atoms with Gasteiger partial charge in [-0.2, -0.15) is 0 Å². The molecular formula is C27H27FN2O4. The molecule has 0 saturated carbocycles. The molecule has 0 aliphatic rings. The zero-order valence-corrected chi connectivity index (χ0v) is 18.8. The van der Waals surface area contributed by atoms with Gasteiger partial charge in [-0.15, -0.1) is 0 Å². The average molecular weight is 463 g/mol. The van der Waals surface area contributed by atoms with Gasteiger partial charge in [0.2, 0.25) is 11.2 Å². The lowest BCUT2D eigenvalue weighted by molar-refractivity contribution is 0.284. The van der Waals surface area contributed by atoms with Crippen LogP contribution in [0.15, 0.2) is 75.9 Å². The van der Waals surface area contributed by atoms with Crippen LogP contribution >= 0.6 is 0 Å². The summed E-state index contributed by atoms with van der Waals surface area (Å²) in [4.78, 5) is 13.1. The minimum atomic E-state index is -0.364. The highest BCUT2D eigenvalue weighted by molar-refractivity contribution is 5.81. The zero-order chi connectivity index (χ0) is 23.9. The maximum Gasteiger partial charge on any atom is 0.235 e. The molecule has 34 heavy (non-hydrogen) atoms. The number of rotatable bonds is 10. The summed E-state index contributed by atoms with van der Waals surface area (Å²) in [6.45, 7) is 0.901. The highest BCUT2D eigenvalue weighted by Gasteiger charge is 2.17. The van der Waals surface area contributed by atoms with Crippen LogP contribution in [0.25, 0.3) is 22.3 Å². The molecule has 3 aromatic carbocycles. The number of nitrogen functional groups attached to an aromatic ring is 2. The van der Waals surface area contributed by atoms with E-state index in [0.717, 1.165) is 25.7 Å². The third kappa shape index (κ3) is 5.49. The van der Waals surface area contributed by atoms with Crippen LogP contribution < -0.4 is 26.4 Å². The van der Waals surface area contributed by atoms with Crippen LogP contribution in [-0.2, 0) is 0 Å². The molecule has 4 aromatic rings. The molecule has 6 nitrogen and oxygen atoms in total. The fourth-order valence-electron chi connectivity index (χ4n) is 3.64. The largest absolute Gasteiger partial charge is 0.491 e. The fourth-order valence-corrected chi connectivity index (χ4v) is 3.64. The van der Waals surface area contributed by atoms with Gasteiger partial charge >= 0.3 is 0 Å². The molecule has 0 unspecified atom stereocenters. The number of hydrogen-bond acceptors (Lipinski definition) is 6. The summed E-state index contributed by atoms with van der Waals surface area (Å²) < 4.78 is 31.0. The molecule has 1 heterocycles. The molecule has 1 aromatic heterocycles. The van der Waals surface area contributed by atoms with Crippen LogP contribution in [0.2, 0.25) is 0 Å². The molecule has 7 heteroatoms. The lowest BCUT2D eigenvalue weighted by Gasteiger charge is -2.12. The molecule has 0 atom stereocenters. The highest BCUT2D eigenvalue weighted by atomic mass is 19.1. The minimum Gasteiger partial charge on any atom is -0.491 e. The Hall–Kier alpha value is -4.00. The van der Waals surface area contributed by atoms with Crippen molar-refractivity contribution >= 4 is 22.3 Å². The molecule has 0 fully saturated rings. The Labute approximate surface area is 196 Å². The van der Waals surface area contributed by atoms with E-state index in [1.165, 1.54) is 12.1 Å². The van der Waals surface area contributed by atoms with Gasteiger partial charge in [0, 0.05) is 17.3 Å². The Morgan fingerprint density at radius 1 is 0.824 bits per heavy atom. The van der Waals surface area contributed by atoms with Crippen LogP contribution in [0.4, 0.5) is 15.8 Å². The number of para-hydroxylation sites is 1. The number of nitrogens with two attached hydrogens (primary N) is 2. The standard InChI is InChI=1S/C27H27FN2O4/c28-19-11-9-18(10-12-19)26-27(25(31)21-7-3-4-8-23(21)34-26)33-16-6-2-1-5-15-32-24-17-20(29)13-14-22(24)30/h3-4,7-14,17H,1-2,5-6,15-16,29-30H2. The quantitative estimate of drug-likeness (QED) is 0.229. The van der Waals surface area contributed by atoms with E-state index >= 15 is 0 Å². The van der Waals surface area contributed by atoms with Gasteiger partial charge in [-0.25, -0.2) is 4.39 Å². The molecule has 0 spiro atoms. The Kier molecular flexibility index (Phi) is 7.32. The van der Waals surface area contributed by atoms with Crippen LogP contribution in [0, 0.1) is 5.82 Å². The van der Waals surface area contributed by atoms with Crippen molar-refractivity contribution in [2.45, 2.75) is 25.7 Å². The summed E-state index contributed by atoms with van der Waals surface area (Å²) in [6, 6.07) is 18.0. The summed E-state index contributed by atoms with van der Waals surface area (Å²) in [5, 5.41) is 0.446. The van der Waals surface area contributed by atoms with Gasteiger partial charge in [0.1, 0.15) is 17.1 Å². The van der Waals surface area contributed by atoms with Crippen LogP contribution in [-0.4, -0.2) is 13.2 Å². The second-order valence-electron chi connectivity index (χ2n) is 8.00. The van der Waals surface area contributed by atoms with Crippen molar-refractivity contribution in [3.05, 3.63) is 82.8 Å². The Morgan fingerprint density at radius 3 is 2.29 bits per heavy atom. The number of fused-ring (bicyclic) bond motifs is 1. The second-order valence-corrected chi connectivity index (χ2v) is 8.00. The predicted octanol–water partition coefficient (Wildman–Crippen LogP) is 5.78. The van der Waals surface area contributed by atoms with Crippen molar-refractivity contribution in [2.24, 2.45) is 0 Å². The van der Waals surface area contributed by atoms with Gasteiger partial charge in [-0.3, -0.25) is 4.79 Å². The van der Waals surface area contributed by atoms with E-state index in [2.05, 4.69) is 0 Å². The van der Waals surface area contributed by atoms with Gasteiger partial charge in [0.15, 0.2) is 5.76 Å². The van der Waals surface area contributed by atoms with Gasteiger partial charge in [0.05, 0.1) is 24.3 Å². The Bertz CT molecular complexity index is 1320. The molecular weight excluding hydrogens is 435 g/mol. The van der Waals surface area contributed by atoms with Gasteiger partial charge < -0.3 is 25.4 Å². The lowest BCUT2D eigenvalue weighted by Crippen LogP contribution is -2.11. The molecule has 176 valence electrons. The van der Waals surface area contributed by atoms with Crippen molar-refractivity contribution < 1.29 is 18.3 Å². The van der Waals surface area contributed by atoms with Gasteiger partial charge in [-0.1, -0.05) is 12.1 Å². The summed E-state index contributed by atoms with van der Waals surface area (Å²) in [5.41, 5.74) is 13.6. The van der Waals surface area contributed by atoms with Crippen molar-refractivity contribution in [1.29, 1.82) is 0 Å². The zero-order valence-electron chi connectivity index (χ0n) is 18.8. The summed E-state index contributed by atoms with van der Waals surface area (Å²) in [6.07, 6.45) is 3.45. The van der Waals surface area contributed by atoms with Crippen LogP contribution in [0.1, 0.15) is 25.7 Å². The molecule has 4 rings (SSSR count). The monoisotopic (exact) mass is 462 g/mol. The SMILES string of the molecule is Nc1ccc(N)c(OCCCCCCOc2c(-c3ccc(F)cc3)oc3ccccc3c2=O)c1. The summed E-state index contributed by atoms with van der Waals surface area (Å²) in [5.74, 6) is 0.680. The average Bonchev–Trinajstić information content (AvgIpc) is 2.84. The normalized spacial score (nSPS) is 11.0. The van der Waals surface area contributed by atoms with Gasteiger partial charge in [0.25, 0.3) is 0 Å². The summed E-state index contributed by atoms with van der Waals surface area (Å²) >= 11 is 0. The minimum absolute atomic E-state index is 0.144. The number of benzene rings is 3. The smallest absolute Gasteiger partial charge is 0.235 e. The lowest BCUT2D eigenvalue weighted by atomic mass is 10.1. The number of hydrogen-bond donors (Lipinski definition) is 2. The van der Waals surface area contributed by atoms with E-state index in [9.17, 15) is 9.18 Å². The maximum atomic E-state index is 13.4. The maximum absolute atomic E-state index is 13.4. The van der Waals surface area contributed by atoms with E-state index in [1.54, 1.807) is 54.6 Å². The van der Waals surface area contributed by atoms with Crippen molar-refractivity contribution in [2.75, 3.05) is 24.7 Å². The Balaban J connectivity index is 1.34. The first-order valence-electron chi connectivity index (χ1n) is 11.3. The van der Waals surface area contributed by atoms with Crippen molar-refractivity contribution in [1.82, 2.24) is 0 Å². The first-order valence-corrected chi connectivity index (χ1v) is 11.3. The number of halogens is 1. The van der Waals surface area contributed by atoms with E-state index in [4.69, 9.17) is 25.4 Å². The van der Waals surface area contributed by atoms with Crippen LogP contribution in [0.3, 0.4) is 0 Å². The van der Waals surface area contributed by atoms with E-state index in [0.29, 0.717) is 52.6 Å². The topological polar surface area (TPSA) is 101 Å². The number of unbranched alkanes of at least 4 members (excludes halogenated alkanes) is 3. The third-order valence-electron chi connectivity index (χ3n) is 5.44. The molecule has 4 N–H and O–H groups in total. The molecule has 0 radical (unpaired) electrons. The first-order chi connectivity index (χ1) is 16.5. The molecule has 0 aliphatic heterocycles. The van der Waals surface area contributed by atoms with Gasteiger partial charge in [-0.05, 0) is 74.2 Å².